The molecule has 1 fully saturated rings. The number of rotatable bonds is 6. The highest BCUT2D eigenvalue weighted by Crippen LogP contribution is 2.26. The molecular formula is C19H18ClN3O4. The van der Waals surface area contributed by atoms with Gasteiger partial charge in [0, 0.05) is 10.7 Å². The van der Waals surface area contributed by atoms with Crippen LogP contribution in [-0.2, 0) is 26.5 Å². The van der Waals surface area contributed by atoms with Crippen LogP contribution in [0.2, 0.25) is 5.02 Å². The molecule has 1 heterocycles. The van der Waals surface area contributed by atoms with Gasteiger partial charge >= 0.3 is 6.03 Å². The van der Waals surface area contributed by atoms with Gasteiger partial charge in [0.15, 0.2) is 0 Å². The molecule has 8 heteroatoms. The summed E-state index contributed by atoms with van der Waals surface area (Å²) in [4.78, 5) is 35.6. The van der Waals surface area contributed by atoms with Gasteiger partial charge in [-0.1, -0.05) is 41.9 Å². The molecule has 0 unspecified atom stereocenters. The van der Waals surface area contributed by atoms with Crippen molar-refractivity contribution in [3.05, 3.63) is 64.7 Å². The van der Waals surface area contributed by atoms with E-state index in [4.69, 9.17) is 16.3 Å². The SMILES string of the molecule is C[C@@]1(c2cccc(NC(=O)COCc3ccccc3Cl)c2)NC(=O)NC1=O. The van der Waals surface area contributed by atoms with Crippen molar-refractivity contribution >= 4 is 35.1 Å². The zero-order valence-electron chi connectivity index (χ0n) is 14.5. The molecule has 3 N–H and O–H groups in total. The van der Waals surface area contributed by atoms with Crippen LogP contribution in [0.5, 0.6) is 0 Å². The number of ether oxygens (including phenoxy) is 1. The Kier molecular flexibility index (Phi) is 5.43. The van der Waals surface area contributed by atoms with Gasteiger partial charge in [-0.25, -0.2) is 4.79 Å². The molecular weight excluding hydrogens is 370 g/mol. The molecule has 140 valence electrons. The fourth-order valence-corrected chi connectivity index (χ4v) is 2.91. The van der Waals surface area contributed by atoms with Crippen molar-refractivity contribution in [2.75, 3.05) is 11.9 Å². The van der Waals surface area contributed by atoms with E-state index in [0.717, 1.165) is 5.56 Å². The second-order valence-corrected chi connectivity index (χ2v) is 6.65. The molecule has 1 aliphatic rings. The van der Waals surface area contributed by atoms with Crippen molar-refractivity contribution in [2.45, 2.75) is 19.1 Å². The Morgan fingerprint density at radius 1 is 1.19 bits per heavy atom. The molecule has 4 amide bonds. The van der Waals surface area contributed by atoms with Gasteiger partial charge in [0.1, 0.15) is 12.1 Å². The molecule has 1 aliphatic heterocycles. The first-order chi connectivity index (χ1) is 12.9. The Morgan fingerprint density at radius 3 is 2.67 bits per heavy atom. The van der Waals surface area contributed by atoms with Crippen molar-refractivity contribution in [3.63, 3.8) is 0 Å². The number of hydrogen-bond donors (Lipinski definition) is 3. The highest BCUT2D eigenvalue weighted by Gasteiger charge is 2.43. The zero-order valence-corrected chi connectivity index (χ0v) is 15.3. The summed E-state index contributed by atoms with van der Waals surface area (Å²) in [6.45, 7) is 1.67. The molecule has 0 saturated carbocycles. The zero-order chi connectivity index (χ0) is 19.4. The molecule has 0 aliphatic carbocycles. The lowest BCUT2D eigenvalue weighted by Crippen LogP contribution is -2.40. The maximum atomic E-state index is 12.1. The highest BCUT2D eigenvalue weighted by molar-refractivity contribution is 6.31. The summed E-state index contributed by atoms with van der Waals surface area (Å²) < 4.78 is 5.40. The Hall–Kier alpha value is -2.90. The molecule has 0 aromatic heterocycles. The van der Waals surface area contributed by atoms with E-state index < -0.39 is 17.5 Å². The second kappa shape index (κ2) is 7.77. The minimum absolute atomic E-state index is 0.149. The van der Waals surface area contributed by atoms with Gasteiger partial charge < -0.3 is 15.4 Å². The number of amides is 4. The molecule has 2 aromatic rings. The molecule has 7 nitrogen and oxygen atoms in total. The first-order valence-electron chi connectivity index (χ1n) is 8.23. The molecule has 0 spiro atoms. The Bertz CT molecular complexity index is 902. The molecule has 1 atom stereocenters. The van der Waals surface area contributed by atoms with Crippen molar-refractivity contribution in [2.24, 2.45) is 0 Å². The van der Waals surface area contributed by atoms with E-state index in [1.165, 1.54) is 0 Å². The average Bonchev–Trinajstić information content (AvgIpc) is 2.90. The number of carbonyl (C=O) groups is 3. The Balaban J connectivity index is 1.59. The summed E-state index contributed by atoms with van der Waals surface area (Å²) in [7, 11) is 0. The molecule has 0 radical (unpaired) electrons. The van der Waals surface area contributed by atoms with Crippen molar-refractivity contribution < 1.29 is 19.1 Å². The lowest BCUT2D eigenvalue weighted by atomic mass is 9.92. The normalized spacial score (nSPS) is 18.7. The first-order valence-corrected chi connectivity index (χ1v) is 8.61. The van der Waals surface area contributed by atoms with Gasteiger partial charge in [-0.15, -0.1) is 0 Å². The Morgan fingerprint density at radius 2 is 1.96 bits per heavy atom. The van der Waals surface area contributed by atoms with E-state index in [1.54, 1.807) is 37.3 Å². The maximum Gasteiger partial charge on any atom is 0.322 e. The van der Waals surface area contributed by atoms with Gasteiger partial charge in [0.25, 0.3) is 5.91 Å². The monoisotopic (exact) mass is 387 g/mol. The third-order valence-corrected chi connectivity index (χ3v) is 4.59. The van der Waals surface area contributed by atoms with E-state index in [2.05, 4.69) is 16.0 Å². The van der Waals surface area contributed by atoms with E-state index in [-0.39, 0.29) is 19.1 Å². The predicted molar refractivity (Wildman–Crippen MR) is 100 cm³/mol. The number of hydrogen-bond acceptors (Lipinski definition) is 4. The van der Waals surface area contributed by atoms with Crippen LogP contribution in [0.25, 0.3) is 0 Å². The largest absolute Gasteiger partial charge is 0.367 e. The fraction of sp³-hybridized carbons (Fsp3) is 0.211. The van der Waals surface area contributed by atoms with Gasteiger partial charge in [0.2, 0.25) is 5.91 Å². The van der Waals surface area contributed by atoms with Crippen LogP contribution in [0.1, 0.15) is 18.1 Å². The van der Waals surface area contributed by atoms with Gasteiger partial charge in [-0.3, -0.25) is 14.9 Å². The summed E-state index contributed by atoms with van der Waals surface area (Å²) >= 11 is 6.04. The van der Waals surface area contributed by atoms with Crippen LogP contribution in [0, 0.1) is 0 Å². The summed E-state index contributed by atoms with van der Waals surface area (Å²) in [5, 5.41) is 8.08. The molecule has 0 bridgehead atoms. The fourth-order valence-electron chi connectivity index (χ4n) is 2.72. The number of nitrogens with one attached hydrogen (secondary N) is 3. The summed E-state index contributed by atoms with van der Waals surface area (Å²) in [5.74, 6) is -0.789. The third-order valence-electron chi connectivity index (χ3n) is 4.22. The van der Waals surface area contributed by atoms with Crippen LogP contribution >= 0.6 is 11.6 Å². The topological polar surface area (TPSA) is 96.5 Å². The van der Waals surface area contributed by atoms with E-state index >= 15 is 0 Å². The second-order valence-electron chi connectivity index (χ2n) is 6.25. The number of carbonyl (C=O) groups excluding carboxylic acids is 3. The third kappa shape index (κ3) is 4.27. The predicted octanol–water partition coefficient (Wildman–Crippen LogP) is 2.55. The van der Waals surface area contributed by atoms with Crippen LogP contribution in [0.4, 0.5) is 10.5 Å². The number of anilines is 1. The van der Waals surface area contributed by atoms with Crippen LogP contribution < -0.4 is 16.0 Å². The number of benzene rings is 2. The molecule has 1 saturated heterocycles. The van der Waals surface area contributed by atoms with Crippen LogP contribution in [0.3, 0.4) is 0 Å². The Labute approximate surface area is 161 Å². The first kappa shape index (κ1) is 18.9. The summed E-state index contributed by atoms with van der Waals surface area (Å²) in [6.07, 6.45) is 0. The van der Waals surface area contributed by atoms with Gasteiger partial charge in [-0.05, 0) is 36.2 Å². The van der Waals surface area contributed by atoms with E-state index in [0.29, 0.717) is 16.3 Å². The maximum absolute atomic E-state index is 12.1. The lowest BCUT2D eigenvalue weighted by Gasteiger charge is -2.21. The molecule has 3 rings (SSSR count). The highest BCUT2D eigenvalue weighted by atomic mass is 35.5. The number of imide groups is 1. The standard InChI is InChI=1S/C19H18ClN3O4/c1-19(17(25)22-18(26)23-19)13-6-4-7-14(9-13)21-16(24)11-27-10-12-5-2-3-8-15(12)20/h2-9H,10-11H2,1H3,(H,21,24)(H2,22,23,25,26)/t19-/m0/s1. The van der Waals surface area contributed by atoms with Crippen LogP contribution in [-0.4, -0.2) is 24.5 Å². The van der Waals surface area contributed by atoms with E-state index in [9.17, 15) is 14.4 Å². The van der Waals surface area contributed by atoms with Crippen LogP contribution in [0.15, 0.2) is 48.5 Å². The van der Waals surface area contributed by atoms with Crippen molar-refractivity contribution in [1.29, 1.82) is 0 Å². The molecule has 27 heavy (non-hydrogen) atoms. The summed E-state index contributed by atoms with van der Waals surface area (Å²) in [5.41, 5.74) is 0.665. The van der Waals surface area contributed by atoms with Gasteiger partial charge in [-0.2, -0.15) is 0 Å². The van der Waals surface area contributed by atoms with Gasteiger partial charge in [0.05, 0.1) is 6.61 Å². The smallest absolute Gasteiger partial charge is 0.322 e. The minimum atomic E-state index is -1.18. The van der Waals surface area contributed by atoms with E-state index in [1.807, 2.05) is 18.2 Å². The quantitative estimate of drug-likeness (QED) is 0.663. The summed E-state index contributed by atoms with van der Waals surface area (Å²) in [6, 6.07) is 13.4. The van der Waals surface area contributed by atoms with Crippen molar-refractivity contribution in [1.82, 2.24) is 10.6 Å². The number of halogens is 1. The average molecular weight is 388 g/mol. The number of urea groups is 1. The lowest BCUT2D eigenvalue weighted by molar-refractivity contribution is -0.123. The minimum Gasteiger partial charge on any atom is -0.367 e. The van der Waals surface area contributed by atoms with Crippen molar-refractivity contribution in [3.8, 4) is 0 Å². The molecule has 2 aromatic carbocycles.